The minimum Gasteiger partial charge on any atom is -0.462 e. The fourth-order valence-corrected chi connectivity index (χ4v) is 5.78. The molecule has 0 radical (unpaired) electrons. The van der Waals surface area contributed by atoms with Crippen LogP contribution in [0.4, 0.5) is 0 Å². The highest BCUT2D eigenvalue weighted by molar-refractivity contribution is 5.70. The van der Waals surface area contributed by atoms with Crippen LogP contribution in [-0.2, 0) is 19.1 Å². The van der Waals surface area contributed by atoms with Gasteiger partial charge < -0.3 is 14.6 Å². The van der Waals surface area contributed by atoms with Gasteiger partial charge in [-0.2, -0.15) is 0 Å². The number of hydrogen-bond acceptors (Lipinski definition) is 5. The molecule has 0 aliphatic heterocycles. The molecule has 1 unspecified atom stereocenters. The molecule has 0 aromatic carbocycles. The summed E-state index contributed by atoms with van der Waals surface area (Å²) in [7, 11) is 0. The first-order valence-corrected chi connectivity index (χ1v) is 20.7. The topological polar surface area (TPSA) is 72.8 Å². The first-order chi connectivity index (χ1) is 24.1. The predicted octanol–water partition coefficient (Wildman–Crippen LogP) is 13.0. The van der Waals surface area contributed by atoms with Gasteiger partial charge >= 0.3 is 11.9 Å². The molecule has 49 heavy (non-hydrogen) atoms. The Hall–Kier alpha value is -2.14. The van der Waals surface area contributed by atoms with E-state index in [4.69, 9.17) is 9.47 Å². The van der Waals surface area contributed by atoms with Gasteiger partial charge in [-0.05, 0) is 51.4 Å². The summed E-state index contributed by atoms with van der Waals surface area (Å²) in [6.45, 7) is 3.96. The van der Waals surface area contributed by atoms with Crippen LogP contribution >= 0.6 is 0 Å². The largest absolute Gasteiger partial charge is 0.462 e. The molecule has 1 atom stereocenters. The summed E-state index contributed by atoms with van der Waals surface area (Å²) in [5.74, 6) is -0.598. The van der Waals surface area contributed by atoms with Gasteiger partial charge in [0.25, 0.3) is 0 Å². The average Bonchev–Trinajstić information content (AvgIpc) is 3.10. The number of aliphatic hydroxyl groups excluding tert-OH is 1. The first-order valence-electron chi connectivity index (χ1n) is 20.7. The monoisotopic (exact) mass is 687 g/mol. The van der Waals surface area contributed by atoms with Gasteiger partial charge in [-0.1, -0.05) is 184 Å². The van der Waals surface area contributed by atoms with Gasteiger partial charge in [0.2, 0.25) is 0 Å². The van der Waals surface area contributed by atoms with Crippen LogP contribution in [0.5, 0.6) is 0 Å². The van der Waals surface area contributed by atoms with Crippen molar-refractivity contribution in [2.45, 2.75) is 206 Å². The Morgan fingerprint density at radius 2 is 0.878 bits per heavy atom. The summed E-state index contributed by atoms with van der Waals surface area (Å²) in [5, 5.41) is 9.49. The zero-order valence-corrected chi connectivity index (χ0v) is 32.2. The van der Waals surface area contributed by atoms with Crippen LogP contribution < -0.4 is 0 Å². The van der Waals surface area contributed by atoms with Gasteiger partial charge in [0.05, 0.1) is 6.61 Å². The highest BCUT2D eigenvalue weighted by Gasteiger charge is 2.16. The number of unbranched alkanes of at least 4 members (excludes halogenated alkanes) is 21. The van der Waals surface area contributed by atoms with Gasteiger partial charge in [0, 0.05) is 12.8 Å². The fraction of sp³-hybridized carbons (Fsp3) is 0.773. The van der Waals surface area contributed by atoms with Gasteiger partial charge in [-0.3, -0.25) is 9.59 Å². The van der Waals surface area contributed by atoms with Crippen LogP contribution in [0.15, 0.2) is 48.6 Å². The maximum absolute atomic E-state index is 12.1. The van der Waals surface area contributed by atoms with E-state index in [9.17, 15) is 14.7 Å². The Balaban J connectivity index is 3.43. The predicted molar refractivity (Wildman–Crippen MR) is 210 cm³/mol. The lowest BCUT2D eigenvalue weighted by atomic mass is 10.0. The molecular formula is C44H78O5. The molecule has 0 bridgehead atoms. The average molecular weight is 687 g/mol. The van der Waals surface area contributed by atoms with E-state index in [-0.39, 0.29) is 25.2 Å². The van der Waals surface area contributed by atoms with Crippen LogP contribution in [0.25, 0.3) is 0 Å². The summed E-state index contributed by atoms with van der Waals surface area (Å²) in [6.07, 6.45) is 50.8. The van der Waals surface area contributed by atoms with Gasteiger partial charge in [-0.15, -0.1) is 0 Å². The summed E-state index contributed by atoms with van der Waals surface area (Å²) in [6, 6.07) is 0. The van der Waals surface area contributed by atoms with Crippen molar-refractivity contribution in [3.8, 4) is 0 Å². The summed E-state index contributed by atoms with van der Waals surface area (Å²) in [5.41, 5.74) is 0. The number of esters is 2. The first kappa shape index (κ1) is 46.9. The third-order valence-corrected chi connectivity index (χ3v) is 8.89. The zero-order valence-electron chi connectivity index (χ0n) is 32.2. The van der Waals surface area contributed by atoms with E-state index in [0.717, 1.165) is 64.2 Å². The van der Waals surface area contributed by atoms with Crippen LogP contribution in [0.2, 0.25) is 0 Å². The molecule has 1 N–H and O–H groups in total. The van der Waals surface area contributed by atoms with Gasteiger partial charge in [0.15, 0.2) is 6.10 Å². The van der Waals surface area contributed by atoms with Gasteiger partial charge in [-0.25, -0.2) is 0 Å². The third kappa shape index (κ3) is 38.5. The molecule has 0 saturated carbocycles. The van der Waals surface area contributed by atoms with E-state index in [1.54, 1.807) is 0 Å². The van der Waals surface area contributed by atoms with Crippen molar-refractivity contribution in [3.63, 3.8) is 0 Å². The molecule has 0 spiro atoms. The van der Waals surface area contributed by atoms with E-state index in [1.807, 2.05) is 0 Å². The lowest BCUT2D eigenvalue weighted by Gasteiger charge is -2.15. The maximum atomic E-state index is 12.1. The normalized spacial score (nSPS) is 12.6. The van der Waals surface area contributed by atoms with Crippen LogP contribution in [0.3, 0.4) is 0 Å². The molecule has 0 amide bonds. The third-order valence-electron chi connectivity index (χ3n) is 8.89. The number of ether oxygens (including phenoxy) is 2. The summed E-state index contributed by atoms with van der Waals surface area (Å²) >= 11 is 0. The van der Waals surface area contributed by atoms with Crippen molar-refractivity contribution in [3.05, 3.63) is 48.6 Å². The highest BCUT2D eigenvalue weighted by atomic mass is 16.6. The smallest absolute Gasteiger partial charge is 0.306 e. The lowest BCUT2D eigenvalue weighted by molar-refractivity contribution is -0.161. The van der Waals surface area contributed by atoms with Crippen molar-refractivity contribution in [2.75, 3.05) is 13.2 Å². The van der Waals surface area contributed by atoms with E-state index in [1.165, 1.54) is 109 Å². The van der Waals surface area contributed by atoms with E-state index in [2.05, 4.69) is 62.5 Å². The Morgan fingerprint density at radius 1 is 0.490 bits per heavy atom. The standard InChI is InChI=1S/C44H78O5/c1-3-5-7-9-11-12-13-14-15-16-17-18-19-20-21-22-23-24-25-26-27-28-29-30-31-32-33-35-37-39-44(47)49-42(40-45)41-48-43(46)38-36-34-10-8-6-4-2/h5,7,11-12,14-15,17-18,42,45H,3-4,6,8-10,13,16,19-41H2,1-2H3/b7-5-,12-11-,15-14-,18-17-. The molecular weight excluding hydrogens is 608 g/mol. The zero-order chi connectivity index (χ0) is 35.7. The van der Waals surface area contributed by atoms with Crippen molar-refractivity contribution >= 4 is 11.9 Å². The Labute approximate surface area is 303 Å². The second-order valence-electron chi connectivity index (χ2n) is 13.7. The summed E-state index contributed by atoms with van der Waals surface area (Å²) in [4.78, 5) is 24.0. The molecule has 0 aromatic heterocycles. The Morgan fingerprint density at radius 3 is 1.33 bits per heavy atom. The van der Waals surface area contributed by atoms with Crippen molar-refractivity contribution in [1.29, 1.82) is 0 Å². The molecule has 0 rings (SSSR count). The second kappa shape index (κ2) is 40.3. The second-order valence-corrected chi connectivity index (χ2v) is 13.7. The molecule has 0 fully saturated rings. The quantitative estimate of drug-likeness (QED) is 0.0400. The van der Waals surface area contributed by atoms with Crippen molar-refractivity contribution in [1.82, 2.24) is 0 Å². The van der Waals surface area contributed by atoms with Crippen LogP contribution in [0.1, 0.15) is 200 Å². The van der Waals surface area contributed by atoms with E-state index >= 15 is 0 Å². The molecule has 284 valence electrons. The maximum Gasteiger partial charge on any atom is 0.306 e. The number of hydrogen-bond donors (Lipinski definition) is 1. The fourth-order valence-electron chi connectivity index (χ4n) is 5.78. The molecule has 5 heteroatoms. The number of allylic oxidation sites excluding steroid dienone is 8. The number of aliphatic hydroxyl groups is 1. The minimum atomic E-state index is -0.765. The van der Waals surface area contributed by atoms with Crippen LogP contribution in [-0.4, -0.2) is 36.4 Å². The molecule has 0 aliphatic rings. The number of rotatable bonds is 37. The molecule has 0 aliphatic carbocycles. The highest BCUT2D eigenvalue weighted by Crippen LogP contribution is 2.15. The molecule has 5 nitrogen and oxygen atoms in total. The molecule has 0 aromatic rings. The molecule has 0 heterocycles. The SMILES string of the molecule is CC/C=C\C/C=C\C/C=C\C/C=C\CCCCCCCCCCCCCCCCCCC(=O)OC(CO)COC(=O)CCCCCCCC. The number of carbonyl (C=O) groups excluding carboxylic acids is 2. The Bertz CT molecular complexity index is 827. The van der Waals surface area contributed by atoms with Crippen LogP contribution in [0, 0.1) is 0 Å². The Kier molecular flexibility index (Phi) is 38.5. The van der Waals surface area contributed by atoms with Crippen molar-refractivity contribution in [2.24, 2.45) is 0 Å². The number of carbonyl (C=O) groups is 2. The summed E-state index contributed by atoms with van der Waals surface area (Å²) < 4.78 is 10.5. The van der Waals surface area contributed by atoms with E-state index in [0.29, 0.717) is 12.8 Å². The lowest BCUT2D eigenvalue weighted by Crippen LogP contribution is -2.28. The van der Waals surface area contributed by atoms with E-state index < -0.39 is 6.10 Å². The van der Waals surface area contributed by atoms with Crippen molar-refractivity contribution < 1.29 is 24.2 Å². The minimum absolute atomic E-state index is 0.0644. The van der Waals surface area contributed by atoms with Gasteiger partial charge in [0.1, 0.15) is 6.61 Å². The molecule has 0 saturated heterocycles.